The molecule has 2 fully saturated rings. The van der Waals surface area contributed by atoms with E-state index in [1.54, 1.807) is 47.6 Å². The van der Waals surface area contributed by atoms with E-state index in [9.17, 15) is 47.2 Å². The van der Waals surface area contributed by atoms with Gasteiger partial charge in [-0.1, -0.05) is 25.6 Å². The van der Waals surface area contributed by atoms with E-state index >= 15 is 0 Å². The first-order chi connectivity index (χ1) is 29.1. The lowest BCUT2D eigenvalue weighted by Gasteiger charge is -2.31. The molecule has 2 heterocycles. The van der Waals surface area contributed by atoms with Crippen LogP contribution in [0.25, 0.3) is 0 Å². The molecule has 2 saturated carbocycles. The van der Waals surface area contributed by atoms with Gasteiger partial charge >= 0.3 is 23.3 Å². The zero-order valence-corrected chi connectivity index (χ0v) is 38.8. The number of nitrogens with zero attached hydrogens (tertiary/aromatic N) is 2. The van der Waals surface area contributed by atoms with Crippen LogP contribution in [0.3, 0.4) is 0 Å². The van der Waals surface area contributed by atoms with Crippen LogP contribution in [0.15, 0.2) is 81.8 Å². The van der Waals surface area contributed by atoms with E-state index in [0.29, 0.717) is 51.6 Å². The summed E-state index contributed by atoms with van der Waals surface area (Å²) in [5.41, 5.74) is -1.79. The van der Waals surface area contributed by atoms with Gasteiger partial charge in [-0.25, -0.2) is 30.6 Å². The highest BCUT2D eigenvalue weighted by Crippen LogP contribution is 2.38. The SMILES string of the molecule is C.CC(C)(C)S(=O)(=O)CC1CCC(C2=CC(OS(=O)(=O)C(F)(F)F)=NC2)CC1.CC(C)(C)S(=O)(=O)CC1CCC(C2=CC(c3cccc(F)c3)=NC2)CC1.O[B]Oc1cccc(F)c1. The van der Waals surface area contributed by atoms with Gasteiger partial charge in [-0.3, -0.25) is 4.99 Å². The third-order valence-corrected chi connectivity index (χ3v) is 18.1. The molecule has 357 valence electrons. The van der Waals surface area contributed by atoms with Gasteiger partial charge in [0.05, 0.1) is 39.8 Å². The molecule has 2 aromatic carbocycles. The van der Waals surface area contributed by atoms with Crippen molar-refractivity contribution in [1.82, 2.24) is 0 Å². The van der Waals surface area contributed by atoms with Crippen LogP contribution in [0.4, 0.5) is 22.0 Å². The second kappa shape index (κ2) is 22.2. The predicted molar refractivity (Wildman–Crippen MR) is 242 cm³/mol. The summed E-state index contributed by atoms with van der Waals surface area (Å²) < 4.78 is 141. The summed E-state index contributed by atoms with van der Waals surface area (Å²) in [6.07, 6.45) is 10.0. The Morgan fingerprint density at radius 3 is 1.56 bits per heavy atom. The fourth-order valence-corrected chi connectivity index (χ4v) is 10.8. The summed E-state index contributed by atoms with van der Waals surface area (Å²) >= 11 is 0. The number of sulfone groups is 2. The molecule has 6 rings (SSSR count). The molecule has 2 aliphatic carbocycles. The van der Waals surface area contributed by atoms with E-state index < -0.39 is 50.7 Å². The minimum atomic E-state index is -5.72. The Balaban J connectivity index is 0.000000277. The molecular formula is C44H61BF5N2O9S3. The van der Waals surface area contributed by atoms with Gasteiger partial charge in [-0.15, -0.1) is 0 Å². The summed E-state index contributed by atoms with van der Waals surface area (Å²) in [5.74, 6) is 0.338. The summed E-state index contributed by atoms with van der Waals surface area (Å²) in [5, 5.41) is 8.14. The summed E-state index contributed by atoms with van der Waals surface area (Å²) in [4.78, 5) is 8.30. The van der Waals surface area contributed by atoms with Crippen LogP contribution >= 0.6 is 0 Å². The first-order valence-corrected chi connectivity index (χ1v) is 25.4. The maximum Gasteiger partial charge on any atom is 0.569 e. The van der Waals surface area contributed by atoms with Gasteiger partial charge in [0.1, 0.15) is 17.4 Å². The fourth-order valence-electron chi connectivity index (χ4n) is 7.51. The van der Waals surface area contributed by atoms with Gasteiger partial charge in [0.15, 0.2) is 19.7 Å². The smallest absolute Gasteiger partial charge is 0.537 e. The topological polar surface area (TPSA) is 166 Å². The van der Waals surface area contributed by atoms with Gasteiger partial charge < -0.3 is 13.9 Å². The third kappa shape index (κ3) is 15.5. The number of halogens is 5. The van der Waals surface area contributed by atoms with E-state index in [-0.39, 0.29) is 54.9 Å². The third-order valence-electron chi connectivity index (χ3n) is 11.6. The van der Waals surface area contributed by atoms with Gasteiger partial charge in [-0.2, -0.15) is 21.6 Å². The highest BCUT2D eigenvalue weighted by Gasteiger charge is 2.49. The lowest BCUT2D eigenvalue weighted by Crippen LogP contribution is -2.34. The molecule has 64 heavy (non-hydrogen) atoms. The summed E-state index contributed by atoms with van der Waals surface area (Å²) in [6.45, 7) is 11.1. The van der Waals surface area contributed by atoms with E-state index in [0.717, 1.165) is 42.5 Å². The molecule has 0 unspecified atom stereocenters. The van der Waals surface area contributed by atoms with Gasteiger partial charge in [0, 0.05) is 17.7 Å². The largest absolute Gasteiger partial charge is 0.569 e. The lowest BCUT2D eigenvalue weighted by atomic mass is 9.79. The van der Waals surface area contributed by atoms with Crippen LogP contribution in [0, 0.1) is 35.3 Å². The maximum atomic E-state index is 13.4. The molecule has 0 amide bonds. The molecule has 0 saturated heterocycles. The van der Waals surface area contributed by atoms with Gasteiger partial charge in [0.25, 0.3) is 0 Å². The summed E-state index contributed by atoms with van der Waals surface area (Å²) in [7, 11) is -11.5. The molecule has 20 heteroatoms. The number of rotatable bonds is 10. The van der Waals surface area contributed by atoms with E-state index in [4.69, 9.17) is 5.02 Å². The van der Waals surface area contributed by atoms with Crippen LogP contribution < -0.4 is 4.65 Å². The first kappa shape index (κ1) is 54.7. The second-order valence-corrected chi connectivity index (χ2v) is 25.3. The maximum absolute atomic E-state index is 13.4. The highest BCUT2D eigenvalue weighted by molar-refractivity contribution is 7.93. The van der Waals surface area contributed by atoms with Crippen LogP contribution in [-0.2, 0) is 34.0 Å². The average Bonchev–Trinajstić information content (AvgIpc) is 3.85. The number of allylic oxidation sites excluding steroid dienone is 1. The molecule has 1 N–H and O–H groups in total. The Morgan fingerprint density at radius 1 is 0.672 bits per heavy atom. The zero-order chi connectivity index (χ0) is 47.0. The zero-order valence-electron chi connectivity index (χ0n) is 36.4. The van der Waals surface area contributed by atoms with Crippen molar-refractivity contribution in [3.8, 4) is 5.75 Å². The van der Waals surface area contributed by atoms with Crippen LogP contribution in [0.5, 0.6) is 5.75 Å². The molecule has 0 aromatic heterocycles. The molecule has 0 spiro atoms. The van der Waals surface area contributed by atoms with Crippen molar-refractivity contribution in [1.29, 1.82) is 0 Å². The number of benzene rings is 2. The normalized spacial score (nSPS) is 21.9. The molecule has 2 aliphatic heterocycles. The molecular weight excluding hydrogens is 902 g/mol. The average molecular weight is 964 g/mol. The number of hydrogen-bond donors (Lipinski definition) is 1. The van der Waals surface area contributed by atoms with Gasteiger partial charge in [0.2, 0.25) is 5.90 Å². The van der Waals surface area contributed by atoms with Crippen molar-refractivity contribution in [3.63, 3.8) is 0 Å². The fraction of sp³-hybridized carbons (Fsp3) is 0.591. The Labute approximate surface area is 377 Å². The van der Waals surface area contributed by atoms with Crippen molar-refractivity contribution < 1.29 is 61.1 Å². The van der Waals surface area contributed by atoms with Crippen molar-refractivity contribution in [3.05, 3.63) is 89.0 Å². The van der Waals surface area contributed by atoms with E-state index in [1.165, 1.54) is 48.0 Å². The molecule has 2 aromatic rings. The minimum Gasteiger partial charge on any atom is -0.537 e. The molecule has 1 radical (unpaired) electrons. The second-order valence-electron chi connectivity index (χ2n) is 18.2. The van der Waals surface area contributed by atoms with Crippen molar-refractivity contribution in [2.45, 2.75) is 115 Å². The van der Waals surface area contributed by atoms with Crippen molar-refractivity contribution in [2.75, 3.05) is 24.6 Å². The minimum absolute atomic E-state index is 0. The van der Waals surface area contributed by atoms with Gasteiger partial charge in [-0.05, 0) is 158 Å². The summed E-state index contributed by atoms with van der Waals surface area (Å²) in [6, 6.07) is 12.1. The molecule has 0 bridgehead atoms. The Kier molecular flexibility index (Phi) is 19.0. The standard InChI is InChI=1S/C21H28FNO2S.C16H24F3NO5S2.C6H5BFO2.CH4/c1-21(2,3)26(24,25)14-15-7-9-16(10-8-15)18-12-20(23-13-18)17-5-4-6-19(22)11-17;1-15(2,3)26(21,22)10-11-4-6-12(7-5-11)13-8-14(20-9-13)25-27(23,24)16(17,18)19;8-5-2-1-3-6(4-5)10-7-9;/h4-6,11-12,15-16H,7-10,13-14H2,1-3H3;8,11-12H,4-7,9-10H2,1-3H3;1-4,9H;1H4. The number of alkyl halides is 3. The number of hydrogen-bond acceptors (Lipinski definition) is 11. The predicted octanol–water partition coefficient (Wildman–Crippen LogP) is 9.15. The van der Waals surface area contributed by atoms with Crippen LogP contribution in [0.1, 0.15) is 106 Å². The molecule has 0 atom stereocenters. The molecule has 11 nitrogen and oxygen atoms in total. The lowest BCUT2D eigenvalue weighted by molar-refractivity contribution is -0.0504. The Hall–Kier alpha value is -3.62. The Bertz CT molecular complexity index is 2360. The van der Waals surface area contributed by atoms with Crippen molar-refractivity contribution in [2.24, 2.45) is 33.7 Å². The molecule has 4 aliphatic rings. The van der Waals surface area contributed by atoms with Crippen LogP contribution in [0.2, 0.25) is 0 Å². The van der Waals surface area contributed by atoms with E-state index in [2.05, 4.69) is 24.9 Å². The monoisotopic (exact) mass is 963 g/mol. The number of aliphatic imine (C=N–C) groups is 2. The van der Waals surface area contributed by atoms with E-state index in [1.807, 2.05) is 6.07 Å². The quantitative estimate of drug-likeness (QED) is 0.106. The first-order valence-electron chi connectivity index (χ1n) is 20.7. The van der Waals surface area contributed by atoms with Crippen molar-refractivity contribution >= 4 is 49.1 Å². The Morgan fingerprint density at radius 2 is 1.12 bits per heavy atom. The van der Waals surface area contributed by atoms with Crippen LogP contribution in [-0.4, -0.2) is 89.2 Å². The highest BCUT2D eigenvalue weighted by atomic mass is 32.2.